The summed E-state index contributed by atoms with van der Waals surface area (Å²) in [5, 5.41) is 4.52. The Morgan fingerprint density at radius 3 is 2.52 bits per heavy atom. The van der Waals surface area contributed by atoms with E-state index in [2.05, 4.69) is 37.6 Å². The van der Waals surface area contributed by atoms with Crippen LogP contribution < -0.4 is 5.43 Å². The van der Waals surface area contributed by atoms with E-state index < -0.39 is 0 Å². The molecule has 2 aliphatic carbocycles. The average molecular weight is 330 g/mol. The van der Waals surface area contributed by atoms with Crippen molar-refractivity contribution in [1.29, 1.82) is 0 Å². The summed E-state index contributed by atoms with van der Waals surface area (Å²) < 4.78 is 0. The Balaban J connectivity index is 1.70. The fraction of sp³-hybridized carbons (Fsp3) is 0.579. The molecule has 2 saturated carbocycles. The van der Waals surface area contributed by atoms with E-state index in [4.69, 9.17) is 0 Å². The first kappa shape index (κ1) is 16.6. The number of rotatable bonds is 4. The number of amides is 1. The number of hydrogen-bond donors (Lipinski definition) is 1. The quantitative estimate of drug-likeness (QED) is 0.827. The van der Waals surface area contributed by atoms with E-state index in [1.807, 2.05) is 24.3 Å². The van der Waals surface area contributed by atoms with Crippen LogP contribution in [0.2, 0.25) is 0 Å². The van der Waals surface area contributed by atoms with Crippen LogP contribution in [0.1, 0.15) is 56.0 Å². The van der Waals surface area contributed by atoms with Gasteiger partial charge in [-0.15, -0.1) is 0 Å². The third-order valence-electron chi connectivity index (χ3n) is 6.33. The highest BCUT2D eigenvalue weighted by Gasteiger charge is 2.59. The number of carbonyl (C=O) groups excluding carboxylic acids is 1. The summed E-state index contributed by atoms with van der Waals surface area (Å²) in [7, 11) is 0. The van der Waals surface area contributed by atoms with Crippen LogP contribution in [0.3, 0.4) is 0 Å². The van der Waals surface area contributed by atoms with Gasteiger partial charge in [0.25, 0.3) is 5.91 Å². The van der Waals surface area contributed by atoms with Crippen molar-refractivity contribution in [1.82, 2.24) is 5.43 Å². The van der Waals surface area contributed by atoms with Crippen LogP contribution in [0.4, 0.5) is 0 Å². The normalized spacial score (nSPS) is 29.9. The molecule has 0 saturated heterocycles. The van der Waals surface area contributed by atoms with E-state index in [-0.39, 0.29) is 16.7 Å². The Morgan fingerprint density at radius 2 is 2.00 bits per heavy atom. The lowest BCUT2D eigenvalue weighted by atomic mass is 9.70. The van der Waals surface area contributed by atoms with Crippen molar-refractivity contribution in [3.05, 3.63) is 35.4 Å². The second kappa shape index (κ2) is 5.97. The Labute approximate surface area is 143 Å². The molecule has 4 heteroatoms. The van der Waals surface area contributed by atoms with Gasteiger partial charge in [0.15, 0.2) is 0 Å². The molecule has 124 valence electrons. The van der Waals surface area contributed by atoms with Crippen LogP contribution in [0.5, 0.6) is 0 Å². The van der Waals surface area contributed by atoms with Crippen molar-refractivity contribution in [2.45, 2.75) is 45.8 Å². The standard InChI is InChI=1S/C19H26N2OS/c1-18(2)15-9-10-19(18,3)16(11-15)20-21-17(22)14-7-5-13(6-8-14)12-23-4/h5-8,15H,9-12H2,1-4H3,(H,21,22)/b20-16-/t15-,19-/m1/s1. The van der Waals surface area contributed by atoms with Crippen LogP contribution in [0, 0.1) is 16.7 Å². The number of benzene rings is 1. The molecule has 0 aromatic heterocycles. The molecule has 2 fully saturated rings. The Hall–Kier alpha value is -1.29. The summed E-state index contributed by atoms with van der Waals surface area (Å²) in [5.74, 6) is 1.56. The molecule has 1 N–H and O–H groups in total. The molecule has 0 heterocycles. The van der Waals surface area contributed by atoms with E-state index in [1.165, 1.54) is 24.1 Å². The van der Waals surface area contributed by atoms with Crippen molar-refractivity contribution in [2.24, 2.45) is 21.8 Å². The number of hydrogen-bond acceptors (Lipinski definition) is 3. The third kappa shape index (κ3) is 2.71. The van der Waals surface area contributed by atoms with Crippen molar-refractivity contribution in [3.8, 4) is 0 Å². The van der Waals surface area contributed by atoms with Gasteiger partial charge in [0.05, 0.1) is 0 Å². The SMILES string of the molecule is CSCc1ccc(C(=O)N/N=C2/C[C@H]3CC[C@@]2(C)C3(C)C)cc1. The molecule has 2 atom stereocenters. The smallest absolute Gasteiger partial charge is 0.267 e. The highest BCUT2D eigenvalue weighted by atomic mass is 32.2. The zero-order valence-corrected chi connectivity index (χ0v) is 15.3. The van der Waals surface area contributed by atoms with E-state index in [0.717, 1.165) is 12.2 Å². The lowest BCUT2D eigenvalue weighted by Crippen LogP contribution is -2.34. The number of thioether (sulfide) groups is 1. The molecule has 0 aliphatic heterocycles. The summed E-state index contributed by atoms with van der Waals surface area (Å²) in [6.45, 7) is 7.00. The van der Waals surface area contributed by atoms with Gasteiger partial charge in [-0.2, -0.15) is 16.9 Å². The van der Waals surface area contributed by atoms with Crippen molar-refractivity contribution in [2.75, 3.05) is 6.26 Å². The molecule has 0 radical (unpaired) electrons. The summed E-state index contributed by atoms with van der Waals surface area (Å²) in [6.07, 6.45) is 5.57. The van der Waals surface area contributed by atoms with E-state index in [9.17, 15) is 4.79 Å². The Bertz CT molecular complexity index is 635. The van der Waals surface area contributed by atoms with Gasteiger partial charge in [-0.3, -0.25) is 4.79 Å². The molecular formula is C19H26N2OS. The van der Waals surface area contributed by atoms with Gasteiger partial charge in [0, 0.05) is 22.4 Å². The fourth-order valence-electron chi connectivity index (χ4n) is 4.20. The van der Waals surface area contributed by atoms with Crippen molar-refractivity contribution >= 4 is 23.4 Å². The molecule has 3 rings (SSSR count). The third-order valence-corrected chi connectivity index (χ3v) is 6.95. The number of nitrogens with zero attached hydrogens (tertiary/aromatic N) is 1. The van der Waals surface area contributed by atoms with Gasteiger partial charge in [-0.25, -0.2) is 5.43 Å². The van der Waals surface area contributed by atoms with Crippen LogP contribution in [0.15, 0.2) is 29.4 Å². The average Bonchev–Trinajstić information content (AvgIpc) is 2.86. The molecule has 0 spiro atoms. The monoisotopic (exact) mass is 330 g/mol. The summed E-state index contributed by atoms with van der Waals surface area (Å²) in [4.78, 5) is 12.3. The maximum Gasteiger partial charge on any atom is 0.271 e. The van der Waals surface area contributed by atoms with Gasteiger partial charge in [0.2, 0.25) is 0 Å². The first-order valence-electron chi connectivity index (χ1n) is 8.34. The predicted octanol–water partition coefficient (Wildman–Crippen LogP) is 4.48. The minimum Gasteiger partial charge on any atom is -0.267 e. The van der Waals surface area contributed by atoms with Crippen LogP contribution in [-0.2, 0) is 5.75 Å². The molecule has 3 nitrogen and oxygen atoms in total. The molecule has 1 aromatic carbocycles. The maximum absolute atomic E-state index is 12.3. The van der Waals surface area contributed by atoms with Gasteiger partial charge < -0.3 is 0 Å². The number of fused-ring (bicyclic) bond motifs is 2. The fourth-order valence-corrected chi connectivity index (χ4v) is 4.73. The van der Waals surface area contributed by atoms with Crippen molar-refractivity contribution in [3.63, 3.8) is 0 Å². The highest BCUT2D eigenvalue weighted by molar-refractivity contribution is 7.97. The summed E-state index contributed by atoms with van der Waals surface area (Å²) in [5.41, 5.74) is 6.29. The number of nitrogens with one attached hydrogen (secondary N) is 1. The number of hydrazone groups is 1. The molecule has 1 amide bonds. The Kier molecular flexibility index (Phi) is 4.30. The topological polar surface area (TPSA) is 41.5 Å². The van der Waals surface area contributed by atoms with E-state index >= 15 is 0 Å². The van der Waals surface area contributed by atoms with Gasteiger partial charge in [-0.1, -0.05) is 32.9 Å². The first-order valence-corrected chi connectivity index (χ1v) is 9.73. The zero-order chi connectivity index (χ0) is 16.7. The lowest BCUT2D eigenvalue weighted by Gasteiger charge is -2.34. The van der Waals surface area contributed by atoms with Crippen LogP contribution >= 0.6 is 11.8 Å². The molecular weight excluding hydrogens is 304 g/mol. The molecule has 0 unspecified atom stereocenters. The van der Waals surface area contributed by atoms with E-state index in [1.54, 1.807) is 11.8 Å². The minimum atomic E-state index is -0.114. The van der Waals surface area contributed by atoms with Gasteiger partial charge >= 0.3 is 0 Å². The Morgan fingerprint density at radius 1 is 1.30 bits per heavy atom. The van der Waals surface area contributed by atoms with Gasteiger partial charge in [-0.05, 0) is 54.5 Å². The largest absolute Gasteiger partial charge is 0.271 e. The molecule has 2 aliphatic rings. The van der Waals surface area contributed by atoms with Crippen molar-refractivity contribution < 1.29 is 4.79 Å². The highest BCUT2D eigenvalue weighted by Crippen LogP contribution is 2.63. The maximum atomic E-state index is 12.3. The molecule has 1 aromatic rings. The summed E-state index contributed by atoms with van der Waals surface area (Å²) in [6, 6.07) is 7.79. The van der Waals surface area contributed by atoms with Crippen LogP contribution in [-0.4, -0.2) is 17.9 Å². The minimum absolute atomic E-state index is 0.114. The number of carbonyl (C=O) groups is 1. The molecule has 2 bridgehead atoms. The first-order chi connectivity index (χ1) is 10.9. The zero-order valence-electron chi connectivity index (χ0n) is 14.5. The van der Waals surface area contributed by atoms with E-state index in [0.29, 0.717) is 11.5 Å². The molecule has 23 heavy (non-hydrogen) atoms. The van der Waals surface area contributed by atoms with Crippen LogP contribution in [0.25, 0.3) is 0 Å². The lowest BCUT2D eigenvalue weighted by molar-refractivity contribution is 0.0954. The second-order valence-corrected chi connectivity index (χ2v) is 8.49. The summed E-state index contributed by atoms with van der Waals surface area (Å²) >= 11 is 1.78. The van der Waals surface area contributed by atoms with Gasteiger partial charge in [0.1, 0.15) is 0 Å². The second-order valence-electron chi connectivity index (χ2n) is 7.62. The predicted molar refractivity (Wildman–Crippen MR) is 97.8 cm³/mol.